The Morgan fingerprint density at radius 2 is 1.80 bits per heavy atom. The molecule has 0 unspecified atom stereocenters. The first-order valence-corrected chi connectivity index (χ1v) is 10.3. The highest BCUT2D eigenvalue weighted by Gasteiger charge is 2.21. The molecule has 30 heavy (non-hydrogen) atoms. The van der Waals surface area contributed by atoms with E-state index in [4.69, 9.17) is 4.74 Å². The molecule has 2 aromatic rings. The van der Waals surface area contributed by atoms with Gasteiger partial charge in [0.05, 0.1) is 12.3 Å². The molecule has 0 saturated carbocycles. The third kappa shape index (κ3) is 7.18. The number of nitrogens with zero attached hydrogens (tertiary/aromatic N) is 3. The minimum atomic E-state index is -0.0473. The van der Waals surface area contributed by atoms with Crippen LogP contribution in [0.3, 0.4) is 0 Å². The van der Waals surface area contributed by atoms with Gasteiger partial charge in [0.25, 0.3) is 0 Å². The van der Waals surface area contributed by atoms with Gasteiger partial charge in [0, 0.05) is 43.9 Å². The highest BCUT2D eigenvalue weighted by Crippen LogP contribution is 2.25. The summed E-state index contributed by atoms with van der Waals surface area (Å²) in [6.45, 7) is 15.1. The normalized spacial score (nSPS) is 12.0. The Hall–Kier alpha value is -1.77. The SMILES string of the molecule is CN=C(NCc1c(C)nn(C)c1C)NCC(C)(C)c1ccc(OCC(C)C)cc1.I. The smallest absolute Gasteiger partial charge is 0.191 e. The fraction of sp³-hybridized carbons (Fsp3) is 0.565. The summed E-state index contributed by atoms with van der Waals surface area (Å²) in [6, 6.07) is 8.41. The van der Waals surface area contributed by atoms with E-state index in [1.807, 2.05) is 18.7 Å². The fourth-order valence-corrected chi connectivity index (χ4v) is 3.14. The summed E-state index contributed by atoms with van der Waals surface area (Å²) in [5, 5.41) is 11.3. The van der Waals surface area contributed by atoms with E-state index >= 15 is 0 Å². The number of hydrogen-bond acceptors (Lipinski definition) is 3. The second-order valence-electron chi connectivity index (χ2n) is 8.67. The number of rotatable bonds is 8. The zero-order chi connectivity index (χ0) is 21.6. The molecule has 0 aliphatic carbocycles. The molecule has 0 radical (unpaired) electrons. The van der Waals surface area contributed by atoms with E-state index < -0.39 is 0 Å². The van der Waals surface area contributed by atoms with Crippen molar-refractivity contribution in [3.05, 3.63) is 46.8 Å². The van der Waals surface area contributed by atoms with Crippen LogP contribution in [0.25, 0.3) is 0 Å². The molecule has 0 amide bonds. The zero-order valence-corrected chi connectivity index (χ0v) is 22.0. The summed E-state index contributed by atoms with van der Waals surface area (Å²) in [7, 11) is 3.77. The van der Waals surface area contributed by atoms with Crippen LogP contribution in [-0.4, -0.2) is 35.9 Å². The lowest BCUT2D eigenvalue weighted by atomic mass is 9.84. The molecule has 7 heteroatoms. The molecule has 6 nitrogen and oxygen atoms in total. The molecule has 1 aromatic heterocycles. The van der Waals surface area contributed by atoms with Crippen molar-refractivity contribution >= 4 is 29.9 Å². The minimum absolute atomic E-state index is 0. The first-order valence-electron chi connectivity index (χ1n) is 10.3. The predicted molar refractivity (Wildman–Crippen MR) is 136 cm³/mol. The number of aryl methyl sites for hydroxylation is 2. The fourth-order valence-electron chi connectivity index (χ4n) is 3.14. The molecule has 2 rings (SSSR count). The third-order valence-corrected chi connectivity index (χ3v) is 5.23. The number of guanidine groups is 1. The van der Waals surface area contributed by atoms with Gasteiger partial charge < -0.3 is 15.4 Å². The number of nitrogens with one attached hydrogen (secondary N) is 2. The van der Waals surface area contributed by atoms with E-state index in [1.54, 1.807) is 7.05 Å². The molecule has 0 fully saturated rings. The van der Waals surface area contributed by atoms with Gasteiger partial charge in [0.1, 0.15) is 5.75 Å². The van der Waals surface area contributed by atoms with Crippen LogP contribution in [0, 0.1) is 19.8 Å². The standard InChI is InChI=1S/C23H37N5O.HI/c1-16(2)14-29-20-11-9-19(10-12-20)23(5,6)15-26-22(24-7)25-13-21-17(3)27-28(8)18(21)4;/h9-12,16H,13-15H2,1-8H3,(H2,24,25,26);1H. The van der Waals surface area contributed by atoms with Crippen LogP contribution in [0.5, 0.6) is 5.75 Å². The number of ether oxygens (including phenoxy) is 1. The lowest BCUT2D eigenvalue weighted by Crippen LogP contribution is -2.43. The van der Waals surface area contributed by atoms with Crippen LogP contribution in [0.4, 0.5) is 0 Å². The van der Waals surface area contributed by atoms with E-state index in [2.05, 4.69) is 79.6 Å². The number of aliphatic imine (C=N–C) groups is 1. The average molecular weight is 527 g/mol. The summed E-state index contributed by atoms with van der Waals surface area (Å²) in [5.41, 5.74) is 4.65. The van der Waals surface area contributed by atoms with Gasteiger partial charge in [-0.05, 0) is 37.5 Å². The van der Waals surface area contributed by atoms with Crippen LogP contribution >= 0.6 is 24.0 Å². The van der Waals surface area contributed by atoms with Crippen molar-refractivity contribution in [2.45, 2.75) is 53.5 Å². The maximum Gasteiger partial charge on any atom is 0.191 e. The summed E-state index contributed by atoms with van der Waals surface area (Å²) < 4.78 is 7.71. The summed E-state index contributed by atoms with van der Waals surface area (Å²) in [6.07, 6.45) is 0. The molecule has 0 atom stereocenters. The lowest BCUT2D eigenvalue weighted by molar-refractivity contribution is 0.271. The Morgan fingerprint density at radius 1 is 1.17 bits per heavy atom. The largest absolute Gasteiger partial charge is 0.493 e. The number of halogens is 1. The molecule has 2 N–H and O–H groups in total. The third-order valence-electron chi connectivity index (χ3n) is 5.23. The van der Waals surface area contributed by atoms with Gasteiger partial charge in [0.15, 0.2) is 5.96 Å². The quantitative estimate of drug-likeness (QED) is 0.305. The Labute approximate surface area is 198 Å². The topological polar surface area (TPSA) is 63.5 Å². The molecular formula is C23H38IN5O. The summed E-state index contributed by atoms with van der Waals surface area (Å²) in [4.78, 5) is 4.37. The Morgan fingerprint density at radius 3 is 2.30 bits per heavy atom. The second kappa shape index (κ2) is 11.6. The van der Waals surface area contributed by atoms with Crippen molar-refractivity contribution < 1.29 is 4.74 Å². The van der Waals surface area contributed by atoms with E-state index in [0.29, 0.717) is 12.5 Å². The van der Waals surface area contributed by atoms with Gasteiger partial charge in [-0.2, -0.15) is 5.10 Å². The van der Waals surface area contributed by atoms with Gasteiger partial charge in [-0.1, -0.05) is 39.8 Å². The van der Waals surface area contributed by atoms with Gasteiger partial charge in [0.2, 0.25) is 0 Å². The average Bonchev–Trinajstić information content (AvgIpc) is 2.92. The lowest BCUT2D eigenvalue weighted by Gasteiger charge is -2.27. The molecular weight excluding hydrogens is 489 g/mol. The van der Waals surface area contributed by atoms with Gasteiger partial charge in [-0.15, -0.1) is 24.0 Å². The minimum Gasteiger partial charge on any atom is -0.493 e. The van der Waals surface area contributed by atoms with Crippen LogP contribution in [0.2, 0.25) is 0 Å². The molecule has 1 heterocycles. The van der Waals surface area contributed by atoms with Crippen molar-refractivity contribution in [1.82, 2.24) is 20.4 Å². The number of benzene rings is 1. The van der Waals surface area contributed by atoms with Gasteiger partial charge in [-0.3, -0.25) is 9.67 Å². The van der Waals surface area contributed by atoms with Crippen LogP contribution in [-0.2, 0) is 19.0 Å². The van der Waals surface area contributed by atoms with Crippen LogP contribution < -0.4 is 15.4 Å². The maximum atomic E-state index is 5.79. The van der Waals surface area contributed by atoms with Crippen molar-refractivity contribution in [3.63, 3.8) is 0 Å². The highest BCUT2D eigenvalue weighted by atomic mass is 127. The van der Waals surface area contributed by atoms with Crippen molar-refractivity contribution in [2.24, 2.45) is 18.0 Å². The van der Waals surface area contributed by atoms with Crippen LogP contribution in [0.15, 0.2) is 29.3 Å². The van der Waals surface area contributed by atoms with Crippen molar-refractivity contribution in [3.8, 4) is 5.75 Å². The van der Waals surface area contributed by atoms with E-state index in [1.165, 1.54) is 16.8 Å². The zero-order valence-electron chi connectivity index (χ0n) is 19.7. The highest BCUT2D eigenvalue weighted by molar-refractivity contribution is 14.0. The first kappa shape index (κ1) is 26.3. The van der Waals surface area contributed by atoms with Crippen LogP contribution in [0.1, 0.15) is 50.2 Å². The Kier molecular flexibility index (Phi) is 10.1. The summed E-state index contributed by atoms with van der Waals surface area (Å²) in [5.74, 6) is 2.23. The van der Waals surface area contributed by atoms with Gasteiger partial charge >= 0.3 is 0 Å². The monoisotopic (exact) mass is 527 g/mol. The van der Waals surface area contributed by atoms with E-state index in [0.717, 1.165) is 30.6 Å². The van der Waals surface area contributed by atoms with E-state index in [9.17, 15) is 0 Å². The molecule has 0 saturated heterocycles. The number of hydrogen-bond donors (Lipinski definition) is 2. The van der Waals surface area contributed by atoms with Crippen molar-refractivity contribution in [1.29, 1.82) is 0 Å². The summed E-state index contributed by atoms with van der Waals surface area (Å²) >= 11 is 0. The molecule has 0 aliphatic rings. The Bertz CT molecular complexity index is 825. The number of aromatic nitrogens is 2. The Balaban J connectivity index is 0.00000450. The second-order valence-corrected chi connectivity index (χ2v) is 8.67. The van der Waals surface area contributed by atoms with Gasteiger partial charge in [-0.25, -0.2) is 0 Å². The molecule has 1 aromatic carbocycles. The van der Waals surface area contributed by atoms with E-state index in [-0.39, 0.29) is 29.4 Å². The molecule has 168 valence electrons. The first-order chi connectivity index (χ1) is 13.6. The molecule has 0 bridgehead atoms. The molecule has 0 spiro atoms. The maximum absolute atomic E-state index is 5.79. The molecule has 0 aliphatic heterocycles. The van der Waals surface area contributed by atoms with Crippen molar-refractivity contribution in [2.75, 3.05) is 20.2 Å². The predicted octanol–water partition coefficient (Wildman–Crippen LogP) is 4.33.